The normalized spacial score (nSPS) is 16.4. The number of aryl methyl sites for hydroxylation is 1. The molecule has 1 unspecified atom stereocenters. The Labute approximate surface area is 184 Å². The van der Waals surface area contributed by atoms with E-state index in [4.69, 9.17) is 11.6 Å². The number of piperidine rings is 1. The SMILES string of the molecule is Cc1cccc(S(=O)(=O)NCCC(C(=O)N2CCC(C)CC2)c2ccccc2Cl)c1. The van der Waals surface area contributed by atoms with Gasteiger partial charge in [0.15, 0.2) is 0 Å². The Morgan fingerprint density at radius 2 is 1.87 bits per heavy atom. The number of hydrogen-bond acceptors (Lipinski definition) is 3. The van der Waals surface area contributed by atoms with Gasteiger partial charge in [-0.25, -0.2) is 13.1 Å². The molecule has 0 aliphatic carbocycles. The molecule has 162 valence electrons. The van der Waals surface area contributed by atoms with Crippen LogP contribution in [0.2, 0.25) is 5.02 Å². The van der Waals surface area contributed by atoms with Crippen LogP contribution in [0.3, 0.4) is 0 Å². The van der Waals surface area contributed by atoms with Crippen LogP contribution in [-0.2, 0) is 14.8 Å². The van der Waals surface area contributed by atoms with Gasteiger partial charge in [0.05, 0.1) is 10.8 Å². The lowest BCUT2D eigenvalue weighted by Crippen LogP contribution is -2.41. The fourth-order valence-corrected chi connectivity index (χ4v) is 5.24. The van der Waals surface area contributed by atoms with Gasteiger partial charge in [-0.05, 0) is 61.4 Å². The topological polar surface area (TPSA) is 66.5 Å². The highest BCUT2D eigenvalue weighted by Crippen LogP contribution is 2.30. The molecule has 1 fully saturated rings. The number of nitrogens with zero attached hydrogens (tertiary/aromatic N) is 1. The van der Waals surface area contributed by atoms with Crippen LogP contribution in [0, 0.1) is 12.8 Å². The van der Waals surface area contributed by atoms with Gasteiger partial charge >= 0.3 is 0 Å². The first-order chi connectivity index (χ1) is 14.3. The second kappa shape index (κ2) is 9.94. The van der Waals surface area contributed by atoms with E-state index in [9.17, 15) is 13.2 Å². The molecule has 1 N–H and O–H groups in total. The smallest absolute Gasteiger partial charge is 0.240 e. The number of halogens is 1. The molecule has 30 heavy (non-hydrogen) atoms. The predicted molar refractivity (Wildman–Crippen MR) is 120 cm³/mol. The van der Waals surface area contributed by atoms with Crippen molar-refractivity contribution in [3.63, 3.8) is 0 Å². The second-order valence-electron chi connectivity index (χ2n) is 8.08. The summed E-state index contributed by atoms with van der Waals surface area (Å²) in [5.74, 6) is 0.158. The largest absolute Gasteiger partial charge is 0.342 e. The summed E-state index contributed by atoms with van der Waals surface area (Å²) in [4.78, 5) is 15.4. The van der Waals surface area contributed by atoms with E-state index < -0.39 is 15.9 Å². The number of sulfonamides is 1. The molecule has 1 saturated heterocycles. The average molecular weight is 449 g/mol. The number of carbonyl (C=O) groups excluding carboxylic acids is 1. The molecule has 1 heterocycles. The van der Waals surface area contributed by atoms with Crippen molar-refractivity contribution in [2.45, 2.75) is 43.9 Å². The van der Waals surface area contributed by atoms with Crippen molar-refractivity contribution >= 4 is 27.5 Å². The van der Waals surface area contributed by atoms with Crippen LogP contribution in [-0.4, -0.2) is 38.9 Å². The molecule has 1 amide bonds. The fraction of sp³-hybridized carbons (Fsp3) is 0.435. The monoisotopic (exact) mass is 448 g/mol. The molecule has 7 heteroatoms. The molecule has 0 aromatic heterocycles. The van der Waals surface area contributed by atoms with Crippen LogP contribution in [0.5, 0.6) is 0 Å². The van der Waals surface area contributed by atoms with E-state index in [2.05, 4.69) is 11.6 Å². The van der Waals surface area contributed by atoms with Crippen LogP contribution < -0.4 is 4.72 Å². The van der Waals surface area contributed by atoms with Gasteiger partial charge in [0.1, 0.15) is 0 Å². The first-order valence-corrected chi connectivity index (χ1v) is 12.2. The maximum atomic E-state index is 13.3. The summed E-state index contributed by atoms with van der Waals surface area (Å²) in [5.41, 5.74) is 1.62. The second-order valence-corrected chi connectivity index (χ2v) is 10.3. The minimum atomic E-state index is -3.64. The zero-order valence-electron chi connectivity index (χ0n) is 17.5. The summed E-state index contributed by atoms with van der Waals surface area (Å²) in [5, 5.41) is 0.530. The van der Waals surface area contributed by atoms with Crippen LogP contribution in [0.15, 0.2) is 53.4 Å². The quantitative estimate of drug-likeness (QED) is 0.684. The average Bonchev–Trinajstić information content (AvgIpc) is 2.72. The van der Waals surface area contributed by atoms with Gasteiger partial charge in [-0.3, -0.25) is 4.79 Å². The minimum absolute atomic E-state index is 0.0183. The minimum Gasteiger partial charge on any atom is -0.342 e. The first kappa shape index (κ1) is 22.8. The van der Waals surface area contributed by atoms with Gasteiger partial charge < -0.3 is 4.90 Å². The van der Waals surface area contributed by atoms with E-state index in [0.717, 1.165) is 37.1 Å². The van der Waals surface area contributed by atoms with Crippen LogP contribution in [0.25, 0.3) is 0 Å². The van der Waals surface area contributed by atoms with Crippen molar-refractivity contribution in [1.82, 2.24) is 9.62 Å². The van der Waals surface area contributed by atoms with Crippen molar-refractivity contribution in [1.29, 1.82) is 0 Å². The number of carbonyl (C=O) groups is 1. The maximum absolute atomic E-state index is 13.3. The summed E-state index contributed by atoms with van der Waals surface area (Å²) in [6, 6.07) is 14.1. The molecule has 0 radical (unpaired) electrons. The number of benzene rings is 2. The highest BCUT2D eigenvalue weighted by atomic mass is 35.5. The van der Waals surface area contributed by atoms with E-state index in [0.29, 0.717) is 17.4 Å². The Balaban J connectivity index is 1.74. The van der Waals surface area contributed by atoms with E-state index in [1.165, 1.54) is 0 Å². The summed E-state index contributed by atoms with van der Waals surface area (Å²) in [6.45, 7) is 5.67. The molecule has 2 aromatic carbocycles. The lowest BCUT2D eigenvalue weighted by molar-refractivity contribution is -0.134. The summed E-state index contributed by atoms with van der Waals surface area (Å²) in [7, 11) is -3.64. The third kappa shape index (κ3) is 5.62. The lowest BCUT2D eigenvalue weighted by atomic mass is 9.92. The van der Waals surface area contributed by atoms with Crippen molar-refractivity contribution < 1.29 is 13.2 Å². The molecule has 0 bridgehead atoms. The van der Waals surface area contributed by atoms with E-state index in [-0.39, 0.29) is 17.3 Å². The molecular weight excluding hydrogens is 420 g/mol. The summed E-state index contributed by atoms with van der Waals surface area (Å²) >= 11 is 6.40. The summed E-state index contributed by atoms with van der Waals surface area (Å²) in [6.07, 6.45) is 2.32. The van der Waals surface area contributed by atoms with Gasteiger partial charge in [-0.2, -0.15) is 0 Å². The van der Waals surface area contributed by atoms with Gasteiger partial charge in [-0.15, -0.1) is 0 Å². The highest BCUT2D eigenvalue weighted by Gasteiger charge is 2.29. The molecule has 5 nitrogen and oxygen atoms in total. The maximum Gasteiger partial charge on any atom is 0.240 e. The third-order valence-electron chi connectivity index (χ3n) is 5.70. The number of likely N-dealkylation sites (tertiary alicyclic amines) is 1. The van der Waals surface area contributed by atoms with Gasteiger partial charge in [0, 0.05) is 24.7 Å². The standard InChI is InChI=1S/C23H29ClN2O3S/c1-17-11-14-26(15-12-17)23(27)21(20-8-3-4-9-22(20)24)10-13-25-30(28,29)19-7-5-6-18(2)16-19/h3-9,16-17,21,25H,10-15H2,1-2H3. The Kier molecular flexibility index (Phi) is 7.55. The molecule has 1 aliphatic rings. The van der Waals surface area contributed by atoms with Crippen LogP contribution >= 0.6 is 11.6 Å². The van der Waals surface area contributed by atoms with Crippen molar-refractivity contribution in [3.05, 3.63) is 64.7 Å². The van der Waals surface area contributed by atoms with Crippen LogP contribution in [0.4, 0.5) is 0 Å². The van der Waals surface area contributed by atoms with Crippen molar-refractivity contribution in [2.75, 3.05) is 19.6 Å². The number of rotatable bonds is 7. The third-order valence-corrected chi connectivity index (χ3v) is 7.50. The van der Waals surface area contributed by atoms with E-state index in [1.54, 1.807) is 24.3 Å². The van der Waals surface area contributed by atoms with Gasteiger partial charge in [0.25, 0.3) is 0 Å². The zero-order valence-corrected chi connectivity index (χ0v) is 19.0. The number of amides is 1. The number of nitrogens with one attached hydrogen (secondary N) is 1. The van der Waals surface area contributed by atoms with E-state index in [1.807, 2.05) is 36.1 Å². The van der Waals surface area contributed by atoms with E-state index >= 15 is 0 Å². The predicted octanol–water partition coefficient (Wildman–Crippen LogP) is 4.36. The van der Waals surface area contributed by atoms with Gasteiger partial charge in [-0.1, -0.05) is 48.9 Å². The fourth-order valence-electron chi connectivity index (χ4n) is 3.82. The first-order valence-electron chi connectivity index (χ1n) is 10.4. The Bertz CT molecular complexity index is 985. The molecule has 0 saturated carbocycles. The van der Waals surface area contributed by atoms with Crippen molar-refractivity contribution in [2.24, 2.45) is 5.92 Å². The molecular formula is C23H29ClN2O3S. The zero-order chi connectivity index (χ0) is 21.7. The number of hydrogen-bond donors (Lipinski definition) is 1. The Morgan fingerprint density at radius 3 is 2.53 bits per heavy atom. The molecule has 2 aromatic rings. The Hall–Kier alpha value is -1.89. The molecule has 0 spiro atoms. The highest BCUT2D eigenvalue weighted by molar-refractivity contribution is 7.89. The lowest BCUT2D eigenvalue weighted by Gasteiger charge is -2.33. The van der Waals surface area contributed by atoms with Crippen LogP contribution in [0.1, 0.15) is 43.2 Å². The van der Waals surface area contributed by atoms with Crippen molar-refractivity contribution in [3.8, 4) is 0 Å². The van der Waals surface area contributed by atoms with Gasteiger partial charge in [0.2, 0.25) is 15.9 Å². The summed E-state index contributed by atoms with van der Waals surface area (Å²) < 4.78 is 27.9. The molecule has 1 atom stereocenters. The Morgan fingerprint density at radius 1 is 1.17 bits per heavy atom. The molecule has 1 aliphatic heterocycles. The molecule has 3 rings (SSSR count).